The number of anilines is 1. The second-order valence-electron chi connectivity index (χ2n) is 7.76. The fraction of sp³-hybridized carbons (Fsp3) is 0.261. The van der Waals surface area contributed by atoms with Gasteiger partial charge >= 0.3 is 6.18 Å². The monoisotopic (exact) mass is 480 g/mol. The van der Waals surface area contributed by atoms with Crippen molar-refractivity contribution < 1.29 is 18.0 Å². The number of aromatic nitrogens is 6. The summed E-state index contributed by atoms with van der Waals surface area (Å²) in [5.41, 5.74) is -0.0558. The van der Waals surface area contributed by atoms with E-state index in [0.29, 0.717) is 30.2 Å². The van der Waals surface area contributed by atoms with Crippen LogP contribution < -0.4 is 4.90 Å². The second-order valence-corrected chi connectivity index (χ2v) is 7.76. The number of carbonyl (C=O) groups is 1. The van der Waals surface area contributed by atoms with E-state index in [0.717, 1.165) is 36.5 Å². The number of H-pyrrole nitrogens is 1. The second kappa shape index (κ2) is 9.84. The van der Waals surface area contributed by atoms with Gasteiger partial charge in [0, 0.05) is 43.7 Å². The summed E-state index contributed by atoms with van der Waals surface area (Å²) in [7, 11) is 1.81. The molecule has 1 aromatic carbocycles. The van der Waals surface area contributed by atoms with Gasteiger partial charge in [0.05, 0.1) is 17.5 Å². The van der Waals surface area contributed by atoms with Crippen molar-refractivity contribution in [3.63, 3.8) is 0 Å². The molecule has 0 saturated heterocycles. The van der Waals surface area contributed by atoms with Crippen LogP contribution >= 0.6 is 0 Å². The molecule has 2 aliphatic rings. The minimum Gasteiger partial charge on any atom is -0.345 e. The molecule has 178 valence electrons. The number of fused-ring (bicyclic) bond motifs is 1. The van der Waals surface area contributed by atoms with E-state index in [9.17, 15) is 23.2 Å². The molecule has 0 unspecified atom stereocenters. The number of hydrogen-bond donors (Lipinski definition) is 1. The van der Waals surface area contributed by atoms with Crippen molar-refractivity contribution in [3.05, 3.63) is 71.1 Å². The van der Waals surface area contributed by atoms with Crippen LogP contribution in [0.1, 0.15) is 39.6 Å². The lowest BCUT2D eigenvalue weighted by atomic mass is 10.0. The molecule has 12 heteroatoms. The predicted molar refractivity (Wildman–Crippen MR) is 119 cm³/mol. The van der Waals surface area contributed by atoms with Crippen molar-refractivity contribution in [2.75, 3.05) is 18.5 Å². The normalized spacial score (nSPS) is 11.4. The van der Waals surface area contributed by atoms with Crippen LogP contribution in [-0.2, 0) is 19.0 Å². The first-order valence-electron chi connectivity index (χ1n) is 10.6. The standard InChI is InChI=1S/C23H19F3N8O/c1-34(11-2-4-19-28-9-3-10-29-19)22-30-16(20-17(13-27)32-33-21(20)31-22)12-18(35)14-5-7-15(8-6-14)23(24,25)26/h3,5-10H,2,4,11-12H2,1H3,(H,30,31,32,33). The molecular weight excluding hydrogens is 461 g/mol. The maximum absolute atomic E-state index is 12.9. The Bertz CT molecular complexity index is 1330. The van der Waals surface area contributed by atoms with Crippen molar-refractivity contribution in [2.45, 2.75) is 25.4 Å². The number of aryl methyl sites for hydroxylation is 1. The highest BCUT2D eigenvalue weighted by molar-refractivity contribution is 5.98. The Balaban J connectivity index is 1.56. The van der Waals surface area contributed by atoms with Crippen molar-refractivity contribution in [3.8, 4) is 17.5 Å². The van der Waals surface area contributed by atoms with Crippen LogP contribution in [0.25, 0.3) is 11.4 Å². The van der Waals surface area contributed by atoms with Gasteiger partial charge in [-0.3, -0.25) is 4.79 Å². The molecule has 1 aromatic heterocycles. The summed E-state index contributed by atoms with van der Waals surface area (Å²) >= 11 is 0. The summed E-state index contributed by atoms with van der Waals surface area (Å²) in [5.74, 6) is 0.897. The summed E-state index contributed by atoms with van der Waals surface area (Å²) in [4.78, 5) is 30.6. The van der Waals surface area contributed by atoms with Crippen molar-refractivity contribution >= 4 is 11.7 Å². The number of rotatable bonds is 8. The van der Waals surface area contributed by atoms with Gasteiger partial charge in [0.25, 0.3) is 0 Å². The van der Waals surface area contributed by atoms with E-state index < -0.39 is 17.5 Å². The lowest BCUT2D eigenvalue weighted by Crippen LogP contribution is -2.23. The third-order valence-corrected chi connectivity index (χ3v) is 5.33. The molecule has 0 fully saturated rings. The van der Waals surface area contributed by atoms with Crippen LogP contribution in [0.4, 0.5) is 19.1 Å². The number of ketones is 1. The van der Waals surface area contributed by atoms with Crippen LogP contribution in [0.3, 0.4) is 0 Å². The van der Waals surface area contributed by atoms with E-state index in [4.69, 9.17) is 0 Å². The van der Waals surface area contributed by atoms with Gasteiger partial charge in [-0.05, 0) is 24.6 Å². The molecule has 1 N–H and O–H groups in total. The van der Waals surface area contributed by atoms with Crippen molar-refractivity contribution in [1.29, 1.82) is 5.26 Å². The third-order valence-electron chi connectivity index (χ3n) is 5.33. The fourth-order valence-electron chi connectivity index (χ4n) is 3.52. The quantitative estimate of drug-likeness (QED) is 0.380. The molecule has 0 amide bonds. The molecule has 0 bridgehead atoms. The number of alkyl halides is 3. The van der Waals surface area contributed by atoms with Gasteiger partial charge in [-0.2, -0.15) is 23.4 Å². The molecule has 4 rings (SSSR count). The summed E-state index contributed by atoms with van der Waals surface area (Å²) in [6.07, 6.45) is 0.0376. The molecule has 0 radical (unpaired) electrons. The number of nitrogens with zero attached hydrogens (tertiary/aromatic N) is 7. The van der Waals surface area contributed by atoms with E-state index >= 15 is 0 Å². The van der Waals surface area contributed by atoms with Gasteiger partial charge in [0.1, 0.15) is 11.9 Å². The van der Waals surface area contributed by atoms with Gasteiger partial charge in [-0.15, -0.1) is 10.2 Å². The lowest BCUT2D eigenvalue weighted by Gasteiger charge is -2.20. The molecule has 0 spiro atoms. The van der Waals surface area contributed by atoms with E-state index in [-0.39, 0.29) is 23.5 Å². The van der Waals surface area contributed by atoms with Crippen LogP contribution in [-0.4, -0.2) is 49.5 Å². The van der Waals surface area contributed by atoms with Crippen LogP contribution in [0.2, 0.25) is 0 Å². The van der Waals surface area contributed by atoms with Gasteiger partial charge < -0.3 is 9.88 Å². The molecular formula is C23H19F3N8O. The Labute approximate surface area is 198 Å². The Morgan fingerprint density at radius 3 is 2.51 bits per heavy atom. The van der Waals surface area contributed by atoms with E-state index in [1.807, 2.05) is 11.0 Å². The number of hydrogen-bond acceptors (Lipinski definition) is 8. The first kappa shape index (κ1) is 23.7. The zero-order chi connectivity index (χ0) is 25.0. The summed E-state index contributed by atoms with van der Waals surface area (Å²) in [5, 5.41) is 17.2. The predicted octanol–water partition coefficient (Wildman–Crippen LogP) is 3.48. The average Bonchev–Trinajstić information content (AvgIpc) is 3.27. The highest BCUT2D eigenvalue weighted by atomic mass is 19.4. The third kappa shape index (κ3) is 5.40. The van der Waals surface area contributed by atoms with Gasteiger partial charge in [0.2, 0.25) is 5.95 Å². The Morgan fingerprint density at radius 1 is 1.14 bits per heavy atom. The Kier molecular flexibility index (Phi) is 6.68. The zero-order valence-corrected chi connectivity index (χ0v) is 18.5. The number of carbonyl (C=O) groups excluding carboxylic acids is 1. The summed E-state index contributed by atoms with van der Waals surface area (Å²) in [6.45, 7) is 0.582. The zero-order valence-electron chi connectivity index (χ0n) is 18.5. The first-order chi connectivity index (χ1) is 16.8. The van der Waals surface area contributed by atoms with Gasteiger partial charge in [-0.25, -0.2) is 9.97 Å². The smallest absolute Gasteiger partial charge is 0.345 e. The average molecular weight is 480 g/mol. The minimum atomic E-state index is -4.49. The fourth-order valence-corrected chi connectivity index (χ4v) is 3.52. The maximum Gasteiger partial charge on any atom is 0.416 e. The van der Waals surface area contributed by atoms with E-state index in [2.05, 4.69) is 30.1 Å². The highest BCUT2D eigenvalue weighted by Gasteiger charge is 2.30. The SMILES string of the molecule is CN(CCCc1ncccn1)c1nc2nnc(C#N)c-2c(CC(=O)c2ccc(C(F)(F)F)cc2)[nH]1. The molecule has 2 aliphatic heterocycles. The molecule has 35 heavy (non-hydrogen) atoms. The maximum atomic E-state index is 12.9. The molecule has 3 heterocycles. The first-order valence-corrected chi connectivity index (χ1v) is 10.6. The number of nitrogens with one attached hydrogen (secondary N) is 1. The topological polar surface area (TPSA) is 124 Å². The summed E-state index contributed by atoms with van der Waals surface area (Å²) < 4.78 is 38.5. The number of Topliss-reactive ketones (excluding diaryl/α,β-unsaturated/α-hetero) is 1. The largest absolute Gasteiger partial charge is 0.416 e. The highest BCUT2D eigenvalue weighted by Crippen LogP contribution is 2.30. The van der Waals surface area contributed by atoms with E-state index in [1.54, 1.807) is 25.5 Å². The minimum absolute atomic E-state index is 0.00870. The van der Waals surface area contributed by atoms with Gasteiger partial charge in [0.15, 0.2) is 17.3 Å². The van der Waals surface area contributed by atoms with E-state index in [1.165, 1.54) is 0 Å². The molecule has 2 aromatic rings. The Morgan fingerprint density at radius 2 is 1.86 bits per heavy atom. The Hall–Kier alpha value is -4.40. The van der Waals surface area contributed by atoms with Crippen molar-refractivity contribution in [1.82, 2.24) is 30.1 Å². The van der Waals surface area contributed by atoms with Crippen molar-refractivity contribution in [2.24, 2.45) is 0 Å². The van der Waals surface area contributed by atoms with Gasteiger partial charge in [-0.1, -0.05) is 12.1 Å². The summed E-state index contributed by atoms with van der Waals surface area (Å²) in [6, 6.07) is 7.67. The number of nitriles is 1. The molecule has 0 atom stereocenters. The molecule has 0 aliphatic carbocycles. The molecule has 9 nitrogen and oxygen atoms in total. The lowest BCUT2D eigenvalue weighted by molar-refractivity contribution is -0.137. The molecule has 0 saturated carbocycles. The number of aromatic amines is 1. The van der Waals surface area contributed by atoms with Crippen LogP contribution in [0, 0.1) is 11.3 Å². The number of halogens is 3. The van der Waals surface area contributed by atoms with Crippen LogP contribution in [0.15, 0.2) is 42.7 Å². The van der Waals surface area contributed by atoms with Crippen LogP contribution in [0.5, 0.6) is 0 Å². The number of benzene rings is 1.